The molecular formula is C55H105NO5. The lowest BCUT2D eigenvalue weighted by molar-refractivity contribution is -0.143. The van der Waals surface area contributed by atoms with E-state index in [2.05, 4.69) is 31.3 Å². The smallest absolute Gasteiger partial charge is 0.305 e. The maximum atomic E-state index is 12.4. The van der Waals surface area contributed by atoms with Crippen molar-refractivity contribution in [2.45, 2.75) is 302 Å². The number of amides is 1. The summed E-state index contributed by atoms with van der Waals surface area (Å²) in [5.41, 5.74) is 0. The molecule has 0 radical (unpaired) electrons. The summed E-state index contributed by atoms with van der Waals surface area (Å²) >= 11 is 0. The molecule has 0 rings (SSSR count). The van der Waals surface area contributed by atoms with Crippen LogP contribution in [0.25, 0.3) is 0 Å². The molecule has 0 spiro atoms. The van der Waals surface area contributed by atoms with Crippen molar-refractivity contribution >= 4 is 11.9 Å². The number of ether oxygens (including phenoxy) is 1. The topological polar surface area (TPSA) is 95.9 Å². The Hall–Kier alpha value is -1.66. The molecule has 0 aliphatic rings. The van der Waals surface area contributed by atoms with Crippen LogP contribution in [0.15, 0.2) is 24.3 Å². The third-order valence-electron chi connectivity index (χ3n) is 12.5. The van der Waals surface area contributed by atoms with E-state index < -0.39 is 12.1 Å². The van der Waals surface area contributed by atoms with E-state index in [0.717, 1.165) is 57.8 Å². The van der Waals surface area contributed by atoms with E-state index in [1.807, 2.05) is 6.08 Å². The predicted octanol–water partition coefficient (Wildman–Crippen LogP) is 16.3. The van der Waals surface area contributed by atoms with Crippen molar-refractivity contribution in [3.63, 3.8) is 0 Å². The second kappa shape index (κ2) is 51.0. The van der Waals surface area contributed by atoms with Gasteiger partial charge in [0.2, 0.25) is 5.91 Å². The van der Waals surface area contributed by atoms with Crippen molar-refractivity contribution in [2.75, 3.05) is 13.2 Å². The summed E-state index contributed by atoms with van der Waals surface area (Å²) in [7, 11) is 0. The molecule has 3 N–H and O–H groups in total. The SMILES string of the molecule is CCCCCCCCC/C=C\CCCCCCCCCC(=O)OCCCCCCCCCCCCCC(=O)NC(CO)C(O)/C=C/CCCCCCCCCCCCCCC. The molecule has 0 fully saturated rings. The average Bonchev–Trinajstić information content (AvgIpc) is 3.26. The van der Waals surface area contributed by atoms with Crippen molar-refractivity contribution in [3.05, 3.63) is 24.3 Å². The third kappa shape index (κ3) is 47.7. The molecule has 0 aromatic rings. The van der Waals surface area contributed by atoms with Crippen LogP contribution in [0.3, 0.4) is 0 Å². The van der Waals surface area contributed by atoms with Crippen LogP contribution >= 0.6 is 0 Å². The Kier molecular flexibility index (Phi) is 49.6. The first-order valence-corrected chi connectivity index (χ1v) is 27.1. The largest absolute Gasteiger partial charge is 0.466 e. The van der Waals surface area contributed by atoms with Crippen molar-refractivity contribution in [3.8, 4) is 0 Å². The molecule has 1 amide bonds. The highest BCUT2D eigenvalue weighted by Crippen LogP contribution is 2.16. The number of aliphatic hydroxyl groups is 2. The fraction of sp³-hybridized carbons (Fsp3) is 0.891. The van der Waals surface area contributed by atoms with Crippen molar-refractivity contribution in [1.82, 2.24) is 5.32 Å². The summed E-state index contributed by atoms with van der Waals surface area (Å²) in [6, 6.07) is -0.641. The van der Waals surface area contributed by atoms with E-state index in [-0.39, 0.29) is 18.5 Å². The first kappa shape index (κ1) is 59.3. The fourth-order valence-corrected chi connectivity index (χ4v) is 8.27. The van der Waals surface area contributed by atoms with E-state index in [0.29, 0.717) is 19.4 Å². The maximum absolute atomic E-state index is 12.4. The zero-order valence-electron chi connectivity index (χ0n) is 40.9. The van der Waals surface area contributed by atoms with Gasteiger partial charge < -0.3 is 20.3 Å². The van der Waals surface area contributed by atoms with Gasteiger partial charge in [0.1, 0.15) is 0 Å². The van der Waals surface area contributed by atoms with Gasteiger partial charge in [-0.25, -0.2) is 0 Å². The fourth-order valence-electron chi connectivity index (χ4n) is 8.27. The average molecular weight is 860 g/mol. The van der Waals surface area contributed by atoms with Crippen LogP contribution in [-0.4, -0.2) is 47.4 Å². The molecule has 0 aromatic carbocycles. The molecule has 0 heterocycles. The van der Waals surface area contributed by atoms with E-state index in [4.69, 9.17) is 4.74 Å². The quantitative estimate of drug-likeness (QED) is 0.0322. The number of allylic oxidation sites excluding steroid dienone is 3. The van der Waals surface area contributed by atoms with Crippen LogP contribution < -0.4 is 5.32 Å². The highest BCUT2D eigenvalue weighted by Gasteiger charge is 2.18. The van der Waals surface area contributed by atoms with Gasteiger partial charge in [0, 0.05) is 12.8 Å². The molecule has 2 unspecified atom stereocenters. The van der Waals surface area contributed by atoms with Crippen LogP contribution in [0, 0.1) is 0 Å². The van der Waals surface area contributed by atoms with Gasteiger partial charge in [-0.05, 0) is 57.8 Å². The van der Waals surface area contributed by atoms with Gasteiger partial charge in [0.05, 0.1) is 25.4 Å². The molecule has 6 heteroatoms. The summed E-state index contributed by atoms with van der Waals surface area (Å²) in [5, 5.41) is 23.1. The molecule has 0 saturated carbocycles. The summed E-state index contributed by atoms with van der Waals surface area (Å²) in [6.45, 7) is 4.86. The molecule has 360 valence electrons. The number of esters is 1. The van der Waals surface area contributed by atoms with Gasteiger partial charge in [0.25, 0.3) is 0 Å². The molecule has 0 bridgehead atoms. The molecular weight excluding hydrogens is 755 g/mol. The summed E-state index contributed by atoms with van der Waals surface area (Å²) in [4.78, 5) is 24.5. The van der Waals surface area contributed by atoms with Crippen LogP contribution in [0.1, 0.15) is 290 Å². The Morgan fingerprint density at radius 2 is 0.770 bits per heavy atom. The van der Waals surface area contributed by atoms with Gasteiger partial charge in [-0.3, -0.25) is 9.59 Å². The minimum Gasteiger partial charge on any atom is -0.466 e. The maximum Gasteiger partial charge on any atom is 0.305 e. The minimum absolute atomic E-state index is 0.0183. The number of hydrogen-bond donors (Lipinski definition) is 3. The molecule has 6 nitrogen and oxygen atoms in total. The number of nitrogens with one attached hydrogen (secondary N) is 1. The predicted molar refractivity (Wildman–Crippen MR) is 264 cm³/mol. The molecule has 0 aliphatic heterocycles. The molecule has 0 aromatic heterocycles. The van der Waals surface area contributed by atoms with Crippen LogP contribution in [0.5, 0.6) is 0 Å². The number of hydrogen-bond acceptors (Lipinski definition) is 5. The van der Waals surface area contributed by atoms with Gasteiger partial charge >= 0.3 is 5.97 Å². The molecule has 61 heavy (non-hydrogen) atoms. The summed E-state index contributed by atoms with van der Waals surface area (Å²) in [5.74, 6) is -0.104. The lowest BCUT2D eigenvalue weighted by atomic mass is 10.0. The number of rotatable bonds is 50. The minimum atomic E-state index is -0.856. The molecule has 0 saturated heterocycles. The second-order valence-electron chi connectivity index (χ2n) is 18.6. The second-order valence-corrected chi connectivity index (χ2v) is 18.6. The lowest BCUT2D eigenvalue weighted by Gasteiger charge is -2.20. The Balaban J connectivity index is 3.48. The Morgan fingerprint density at radius 1 is 0.443 bits per heavy atom. The Labute approximate surface area is 380 Å². The number of carbonyl (C=O) groups excluding carboxylic acids is 2. The van der Waals surface area contributed by atoms with Crippen molar-refractivity contribution in [2.24, 2.45) is 0 Å². The zero-order chi connectivity index (χ0) is 44.4. The zero-order valence-corrected chi connectivity index (χ0v) is 40.9. The number of aliphatic hydroxyl groups excluding tert-OH is 2. The van der Waals surface area contributed by atoms with E-state index in [1.54, 1.807) is 6.08 Å². The van der Waals surface area contributed by atoms with E-state index in [1.165, 1.54) is 205 Å². The first-order valence-electron chi connectivity index (χ1n) is 27.1. The summed E-state index contributed by atoms with van der Waals surface area (Å²) in [6.07, 6.45) is 60.4. The number of unbranched alkanes of at least 4 members (excludes halogenated alkanes) is 37. The van der Waals surface area contributed by atoms with E-state index >= 15 is 0 Å². The highest BCUT2D eigenvalue weighted by molar-refractivity contribution is 5.76. The van der Waals surface area contributed by atoms with Crippen LogP contribution in [0.4, 0.5) is 0 Å². The third-order valence-corrected chi connectivity index (χ3v) is 12.5. The Morgan fingerprint density at radius 3 is 1.16 bits per heavy atom. The standard InChI is InChI=1S/C55H105NO5/c1-3-5-7-9-11-13-15-17-19-20-21-23-25-29-33-37-41-45-49-55(60)61-50-46-42-38-34-30-26-28-32-36-40-44-48-54(59)56-52(51-57)53(58)47-43-39-35-31-27-24-22-18-16-14-12-10-8-6-4-2/h19-20,43,47,52-53,57-58H,3-18,21-42,44-46,48-51H2,1-2H3,(H,56,59)/b20-19-,47-43+. The highest BCUT2D eigenvalue weighted by atomic mass is 16.5. The molecule has 0 aliphatic carbocycles. The Bertz CT molecular complexity index is 951. The monoisotopic (exact) mass is 860 g/mol. The molecule has 2 atom stereocenters. The first-order chi connectivity index (χ1) is 30.0. The van der Waals surface area contributed by atoms with Crippen molar-refractivity contribution in [1.29, 1.82) is 0 Å². The van der Waals surface area contributed by atoms with Crippen molar-refractivity contribution < 1.29 is 24.5 Å². The lowest BCUT2D eigenvalue weighted by Crippen LogP contribution is -2.45. The number of carbonyl (C=O) groups is 2. The van der Waals surface area contributed by atoms with Gasteiger partial charge in [0.15, 0.2) is 0 Å². The van der Waals surface area contributed by atoms with Gasteiger partial charge in [-0.1, -0.05) is 244 Å². The summed E-state index contributed by atoms with van der Waals surface area (Å²) < 4.78 is 5.47. The van der Waals surface area contributed by atoms with Crippen LogP contribution in [0.2, 0.25) is 0 Å². The van der Waals surface area contributed by atoms with Gasteiger partial charge in [-0.15, -0.1) is 0 Å². The van der Waals surface area contributed by atoms with Gasteiger partial charge in [-0.2, -0.15) is 0 Å². The van der Waals surface area contributed by atoms with Crippen LogP contribution in [-0.2, 0) is 14.3 Å². The normalized spacial score (nSPS) is 12.8. The van der Waals surface area contributed by atoms with E-state index in [9.17, 15) is 19.8 Å².